The van der Waals surface area contributed by atoms with E-state index in [1.807, 2.05) is 0 Å². The van der Waals surface area contributed by atoms with Crippen molar-refractivity contribution in [1.29, 1.82) is 0 Å². The van der Waals surface area contributed by atoms with Crippen LogP contribution in [0.3, 0.4) is 0 Å². The van der Waals surface area contributed by atoms with Gasteiger partial charge in [0.15, 0.2) is 6.61 Å². The number of benzene rings is 1. The van der Waals surface area contributed by atoms with Crippen molar-refractivity contribution in [1.82, 2.24) is 10.3 Å². The summed E-state index contributed by atoms with van der Waals surface area (Å²) in [6.07, 6.45) is -4.55. The average Bonchev–Trinajstić information content (AvgIpc) is 2.85. The molecule has 2 aromatic rings. The zero-order chi connectivity index (χ0) is 14.6. The summed E-state index contributed by atoms with van der Waals surface area (Å²) in [5.74, 6) is -1.40. The molecule has 2 rings (SSSR count). The Morgan fingerprint density at radius 2 is 1.95 bits per heavy atom. The first-order valence-electron chi connectivity index (χ1n) is 5.34. The third-order valence-corrected chi connectivity index (χ3v) is 2.08. The molecule has 1 N–H and O–H groups in total. The Kier molecular flexibility index (Phi) is 3.87. The van der Waals surface area contributed by atoms with Gasteiger partial charge in [0.1, 0.15) is 0 Å². The van der Waals surface area contributed by atoms with Gasteiger partial charge in [-0.3, -0.25) is 4.79 Å². The first kappa shape index (κ1) is 13.8. The van der Waals surface area contributed by atoms with Crippen LogP contribution in [0.1, 0.15) is 10.5 Å². The maximum Gasteiger partial charge on any atom is 0.422 e. The van der Waals surface area contributed by atoms with Crippen LogP contribution in [0.25, 0.3) is 0 Å². The van der Waals surface area contributed by atoms with E-state index in [0.29, 0.717) is 5.69 Å². The van der Waals surface area contributed by atoms with Crippen LogP contribution in [-0.2, 0) is 0 Å². The Labute approximate surface area is 110 Å². The molecular formula is C11H8F3N3O3. The van der Waals surface area contributed by atoms with Gasteiger partial charge < -0.3 is 10.1 Å². The maximum atomic E-state index is 12.0. The molecule has 0 aliphatic heterocycles. The number of carbonyl (C=O) groups excluding carboxylic acids is 1. The molecule has 0 saturated carbocycles. The number of amides is 1. The van der Waals surface area contributed by atoms with Crippen molar-refractivity contribution in [2.24, 2.45) is 0 Å². The van der Waals surface area contributed by atoms with Crippen molar-refractivity contribution >= 4 is 11.6 Å². The van der Waals surface area contributed by atoms with Gasteiger partial charge in [-0.15, -0.1) is 0 Å². The van der Waals surface area contributed by atoms with Crippen LogP contribution in [0.4, 0.5) is 18.9 Å². The highest BCUT2D eigenvalue weighted by molar-refractivity contribution is 6.04. The molecule has 1 amide bonds. The molecular weight excluding hydrogens is 279 g/mol. The van der Waals surface area contributed by atoms with Crippen LogP contribution >= 0.6 is 0 Å². The largest absolute Gasteiger partial charge is 0.464 e. The van der Waals surface area contributed by atoms with Crippen LogP contribution in [0.15, 0.2) is 35.0 Å². The SMILES string of the molecule is O=C(Nc1ccccc1)c1nonc1OCC(F)(F)F. The fourth-order valence-corrected chi connectivity index (χ4v) is 1.28. The first-order valence-corrected chi connectivity index (χ1v) is 5.34. The Morgan fingerprint density at radius 1 is 1.25 bits per heavy atom. The predicted molar refractivity (Wildman–Crippen MR) is 60.2 cm³/mol. The highest BCUT2D eigenvalue weighted by Gasteiger charge is 2.31. The molecule has 9 heteroatoms. The minimum atomic E-state index is -4.55. The molecule has 106 valence electrons. The van der Waals surface area contributed by atoms with Gasteiger partial charge in [0.25, 0.3) is 11.8 Å². The van der Waals surface area contributed by atoms with Crippen molar-refractivity contribution in [2.45, 2.75) is 6.18 Å². The second-order valence-electron chi connectivity index (χ2n) is 3.64. The van der Waals surface area contributed by atoms with Gasteiger partial charge in [0.2, 0.25) is 5.69 Å². The smallest absolute Gasteiger partial charge is 0.422 e. The Hall–Kier alpha value is -2.58. The first-order chi connectivity index (χ1) is 9.46. The van der Waals surface area contributed by atoms with E-state index in [1.54, 1.807) is 30.3 Å². The molecule has 0 spiro atoms. The molecule has 0 bridgehead atoms. The normalized spacial score (nSPS) is 11.2. The Morgan fingerprint density at radius 3 is 2.60 bits per heavy atom. The lowest BCUT2D eigenvalue weighted by molar-refractivity contribution is -0.154. The van der Waals surface area contributed by atoms with Crippen LogP contribution in [-0.4, -0.2) is 29.0 Å². The number of alkyl halides is 3. The molecule has 0 aliphatic rings. The summed E-state index contributed by atoms with van der Waals surface area (Å²) in [6.45, 7) is -1.59. The second-order valence-corrected chi connectivity index (χ2v) is 3.64. The molecule has 0 radical (unpaired) electrons. The van der Waals surface area contributed by atoms with Crippen LogP contribution < -0.4 is 10.1 Å². The van der Waals surface area contributed by atoms with E-state index in [-0.39, 0.29) is 0 Å². The number of ether oxygens (including phenoxy) is 1. The molecule has 0 atom stereocenters. The molecule has 1 aromatic carbocycles. The fourth-order valence-electron chi connectivity index (χ4n) is 1.28. The van der Waals surface area contributed by atoms with Gasteiger partial charge in [0, 0.05) is 5.69 Å². The molecule has 1 heterocycles. The summed E-state index contributed by atoms with van der Waals surface area (Å²) in [5, 5.41) is 8.75. The topological polar surface area (TPSA) is 77.3 Å². The number of nitrogens with one attached hydrogen (secondary N) is 1. The fraction of sp³-hybridized carbons (Fsp3) is 0.182. The number of carbonyl (C=O) groups is 1. The number of rotatable bonds is 4. The Balaban J connectivity index is 2.06. The molecule has 20 heavy (non-hydrogen) atoms. The van der Waals surface area contributed by atoms with E-state index in [2.05, 4.69) is 25.0 Å². The summed E-state index contributed by atoms with van der Waals surface area (Å²) in [7, 11) is 0. The molecule has 1 aromatic heterocycles. The second kappa shape index (κ2) is 5.59. The van der Waals surface area contributed by atoms with Gasteiger partial charge in [-0.2, -0.15) is 13.2 Å². The third-order valence-electron chi connectivity index (χ3n) is 2.08. The van der Waals surface area contributed by atoms with Crippen molar-refractivity contribution in [3.8, 4) is 5.88 Å². The summed E-state index contributed by atoms with van der Waals surface area (Å²) < 4.78 is 44.6. The number of nitrogens with zero attached hydrogens (tertiary/aromatic N) is 2. The lowest BCUT2D eigenvalue weighted by atomic mass is 10.3. The van der Waals surface area contributed by atoms with E-state index in [1.165, 1.54) is 0 Å². The molecule has 0 unspecified atom stereocenters. The monoisotopic (exact) mass is 287 g/mol. The molecule has 0 aliphatic carbocycles. The van der Waals surface area contributed by atoms with Gasteiger partial charge in [-0.25, -0.2) is 4.63 Å². The minimum Gasteiger partial charge on any atom is -0.464 e. The predicted octanol–water partition coefficient (Wildman–Crippen LogP) is 2.26. The van der Waals surface area contributed by atoms with Gasteiger partial charge in [-0.1, -0.05) is 18.2 Å². The van der Waals surface area contributed by atoms with Crippen LogP contribution in [0.5, 0.6) is 5.88 Å². The molecule has 0 fully saturated rings. The lowest BCUT2D eigenvalue weighted by Gasteiger charge is -2.07. The molecule has 6 nitrogen and oxygen atoms in total. The Bertz CT molecular complexity index is 583. The van der Waals surface area contributed by atoms with Crippen LogP contribution in [0, 0.1) is 0 Å². The van der Waals surface area contributed by atoms with Crippen molar-refractivity contribution in [3.63, 3.8) is 0 Å². The zero-order valence-corrected chi connectivity index (χ0v) is 9.85. The highest BCUT2D eigenvalue weighted by Crippen LogP contribution is 2.20. The summed E-state index contributed by atoms with van der Waals surface area (Å²) in [4.78, 5) is 11.8. The van der Waals surface area contributed by atoms with Gasteiger partial charge >= 0.3 is 6.18 Å². The summed E-state index contributed by atoms with van der Waals surface area (Å²) >= 11 is 0. The van der Waals surface area contributed by atoms with Gasteiger partial charge in [0.05, 0.1) is 0 Å². The number of para-hydroxylation sites is 1. The quantitative estimate of drug-likeness (QED) is 0.933. The third kappa shape index (κ3) is 3.70. The van der Waals surface area contributed by atoms with Crippen molar-refractivity contribution in [2.75, 3.05) is 11.9 Å². The number of anilines is 1. The zero-order valence-electron chi connectivity index (χ0n) is 9.85. The van der Waals surface area contributed by atoms with Crippen molar-refractivity contribution in [3.05, 3.63) is 36.0 Å². The minimum absolute atomic E-state index is 0.447. The van der Waals surface area contributed by atoms with Crippen LogP contribution in [0.2, 0.25) is 0 Å². The summed E-state index contributed by atoms with van der Waals surface area (Å²) in [6, 6.07) is 8.30. The standard InChI is InChI=1S/C11H8F3N3O3/c12-11(13,14)6-19-10-8(16-20-17-10)9(18)15-7-4-2-1-3-5-7/h1-5H,6H2,(H,15,18). The van der Waals surface area contributed by atoms with Crippen molar-refractivity contribution < 1.29 is 27.3 Å². The lowest BCUT2D eigenvalue weighted by Crippen LogP contribution is -2.21. The number of hydrogen-bond acceptors (Lipinski definition) is 5. The summed E-state index contributed by atoms with van der Waals surface area (Å²) in [5.41, 5.74) is -0.0135. The van der Waals surface area contributed by atoms with E-state index in [0.717, 1.165) is 0 Å². The highest BCUT2D eigenvalue weighted by atomic mass is 19.4. The van der Waals surface area contributed by atoms with E-state index >= 15 is 0 Å². The van der Waals surface area contributed by atoms with Gasteiger partial charge in [-0.05, 0) is 22.4 Å². The number of halogens is 3. The molecule has 0 saturated heterocycles. The van der Waals surface area contributed by atoms with E-state index in [9.17, 15) is 18.0 Å². The van der Waals surface area contributed by atoms with E-state index < -0.39 is 30.3 Å². The average molecular weight is 287 g/mol. The maximum absolute atomic E-state index is 12.0. The number of hydrogen-bond donors (Lipinski definition) is 1. The van der Waals surface area contributed by atoms with E-state index in [4.69, 9.17) is 0 Å². The number of aromatic nitrogens is 2.